The Labute approximate surface area is 201 Å². The lowest BCUT2D eigenvalue weighted by atomic mass is 10.2. The third kappa shape index (κ3) is 4.93. The molecule has 0 aliphatic carbocycles. The topological polar surface area (TPSA) is 119 Å². The Bertz CT molecular complexity index is 1160. The Morgan fingerprint density at radius 3 is 2.62 bits per heavy atom. The zero-order valence-electron chi connectivity index (χ0n) is 16.3. The van der Waals surface area contributed by atoms with Gasteiger partial charge in [-0.2, -0.15) is 0 Å². The maximum absolute atomic E-state index is 13.1. The number of aliphatic carboxylic acids is 1. The van der Waals surface area contributed by atoms with Gasteiger partial charge in [0.15, 0.2) is 5.01 Å². The average Bonchev–Trinajstić information content (AvgIpc) is 3.32. The van der Waals surface area contributed by atoms with E-state index in [1.807, 2.05) is 12.1 Å². The minimum atomic E-state index is -1.04. The third-order valence-corrected chi connectivity index (χ3v) is 7.39. The summed E-state index contributed by atoms with van der Waals surface area (Å²) in [5.74, 6) is -0.926. The van der Waals surface area contributed by atoms with Crippen LogP contribution in [0.5, 0.6) is 5.75 Å². The van der Waals surface area contributed by atoms with E-state index in [1.165, 1.54) is 28.0 Å². The number of nitrogens with zero attached hydrogens (tertiary/aromatic N) is 3. The molecule has 1 aliphatic heterocycles. The molecule has 8 nitrogen and oxygen atoms in total. The summed E-state index contributed by atoms with van der Waals surface area (Å²) in [4.78, 5) is 25.8. The molecular weight excluding hydrogens is 495 g/mol. The number of amides is 1. The predicted octanol–water partition coefficient (Wildman–Crippen LogP) is 4.63. The van der Waals surface area contributed by atoms with Crippen LogP contribution < -0.4 is 15.4 Å². The van der Waals surface area contributed by atoms with E-state index in [9.17, 15) is 14.7 Å². The number of carboxylic acids is 1. The average molecular weight is 511 g/mol. The standard InChI is InChI=1S/C20H16Cl2N4O4S2/c21-11-3-6-14(13(22)7-11)30-9-16-24-25-20(32-16)26-18(29)15(8-17(27)28)31-19(26)10-1-4-12(23)5-2-10/h1-7,15,19H,8-9,23H2,(H,27,28). The van der Waals surface area contributed by atoms with Gasteiger partial charge >= 0.3 is 5.97 Å². The molecule has 1 saturated heterocycles. The molecule has 1 aromatic heterocycles. The first-order valence-electron chi connectivity index (χ1n) is 9.28. The number of nitrogens with two attached hydrogens (primary N) is 1. The van der Waals surface area contributed by atoms with Crippen LogP contribution in [0.1, 0.15) is 22.4 Å². The second-order valence-electron chi connectivity index (χ2n) is 6.79. The number of carboxylic acid groups (broad SMARTS) is 1. The lowest BCUT2D eigenvalue weighted by Gasteiger charge is -2.20. The molecule has 3 aromatic rings. The van der Waals surface area contributed by atoms with Crippen LogP contribution in [0.2, 0.25) is 10.0 Å². The number of benzene rings is 2. The molecule has 2 heterocycles. The van der Waals surface area contributed by atoms with Gasteiger partial charge in [-0.1, -0.05) is 46.7 Å². The Hall–Kier alpha value is -2.53. The quantitative estimate of drug-likeness (QED) is 0.441. The minimum absolute atomic E-state index is 0.0965. The lowest BCUT2D eigenvalue weighted by molar-refractivity contribution is -0.138. The fraction of sp³-hybridized carbons (Fsp3) is 0.200. The fourth-order valence-electron chi connectivity index (χ4n) is 3.05. The van der Waals surface area contributed by atoms with Crippen LogP contribution in [0.25, 0.3) is 0 Å². The van der Waals surface area contributed by atoms with Gasteiger partial charge in [0.05, 0.1) is 16.7 Å². The predicted molar refractivity (Wildman–Crippen MR) is 125 cm³/mol. The number of hydrogen-bond donors (Lipinski definition) is 2. The molecule has 166 valence electrons. The van der Waals surface area contributed by atoms with Gasteiger partial charge in [0, 0.05) is 10.7 Å². The van der Waals surface area contributed by atoms with Crippen molar-refractivity contribution in [2.24, 2.45) is 0 Å². The molecule has 1 aliphatic rings. The third-order valence-electron chi connectivity index (χ3n) is 4.53. The number of anilines is 2. The summed E-state index contributed by atoms with van der Waals surface area (Å²) in [6, 6.07) is 12.0. The Balaban J connectivity index is 1.56. The number of rotatable bonds is 7. The molecule has 1 amide bonds. The van der Waals surface area contributed by atoms with Gasteiger partial charge in [0.1, 0.15) is 17.7 Å². The van der Waals surface area contributed by atoms with Crippen molar-refractivity contribution in [1.29, 1.82) is 0 Å². The smallest absolute Gasteiger partial charge is 0.305 e. The first-order chi connectivity index (χ1) is 15.3. The molecule has 0 saturated carbocycles. The highest BCUT2D eigenvalue weighted by atomic mass is 35.5. The van der Waals surface area contributed by atoms with E-state index in [1.54, 1.807) is 30.3 Å². The van der Waals surface area contributed by atoms with Crippen LogP contribution in [0, 0.1) is 0 Å². The monoisotopic (exact) mass is 510 g/mol. The minimum Gasteiger partial charge on any atom is -0.485 e. The number of nitrogen functional groups attached to an aromatic ring is 1. The first kappa shape index (κ1) is 22.7. The van der Waals surface area contributed by atoms with E-state index in [4.69, 9.17) is 33.7 Å². The zero-order chi connectivity index (χ0) is 22.8. The fourth-order valence-corrected chi connectivity index (χ4v) is 5.79. The second kappa shape index (κ2) is 9.53. The van der Waals surface area contributed by atoms with Gasteiger partial charge in [-0.25, -0.2) is 0 Å². The summed E-state index contributed by atoms with van der Waals surface area (Å²) >= 11 is 14.5. The van der Waals surface area contributed by atoms with Crippen LogP contribution in [0.15, 0.2) is 42.5 Å². The summed E-state index contributed by atoms with van der Waals surface area (Å²) in [7, 11) is 0. The van der Waals surface area contributed by atoms with Crippen LogP contribution in [-0.2, 0) is 16.2 Å². The van der Waals surface area contributed by atoms with E-state index >= 15 is 0 Å². The van der Waals surface area contributed by atoms with Crippen LogP contribution in [0.4, 0.5) is 10.8 Å². The van der Waals surface area contributed by atoms with Crippen LogP contribution in [-0.4, -0.2) is 32.4 Å². The first-order valence-corrected chi connectivity index (χ1v) is 11.8. The Morgan fingerprint density at radius 1 is 1.19 bits per heavy atom. The van der Waals surface area contributed by atoms with E-state index in [2.05, 4.69) is 10.2 Å². The lowest BCUT2D eigenvalue weighted by Crippen LogP contribution is -2.31. The summed E-state index contributed by atoms with van der Waals surface area (Å²) in [6.07, 6.45) is -0.282. The van der Waals surface area contributed by atoms with E-state index in [-0.39, 0.29) is 18.9 Å². The SMILES string of the molecule is Nc1ccc(C2SC(CC(=O)O)C(=O)N2c2nnc(COc3ccc(Cl)cc3Cl)s2)cc1. The molecular formula is C20H16Cl2N4O4S2. The molecule has 2 unspecified atom stereocenters. The van der Waals surface area contributed by atoms with Crippen molar-refractivity contribution in [2.75, 3.05) is 10.6 Å². The highest BCUT2D eigenvalue weighted by molar-refractivity contribution is 8.01. The number of halogens is 2. The molecule has 3 N–H and O–H groups in total. The molecule has 4 rings (SSSR count). The Morgan fingerprint density at radius 2 is 1.94 bits per heavy atom. The van der Waals surface area contributed by atoms with Gasteiger partial charge in [0.2, 0.25) is 11.0 Å². The van der Waals surface area contributed by atoms with Gasteiger partial charge in [-0.15, -0.1) is 22.0 Å². The van der Waals surface area contributed by atoms with Crippen LogP contribution in [0.3, 0.4) is 0 Å². The van der Waals surface area contributed by atoms with Crippen molar-refractivity contribution in [1.82, 2.24) is 10.2 Å². The highest BCUT2D eigenvalue weighted by Gasteiger charge is 2.44. The molecule has 2 aromatic carbocycles. The van der Waals surface area contributed by atoms with E-state index in [0.29, 0.717) is 31.6 Å². The number of carbonyl (C=O) groups is 2. The van der Waals surface area contributed by atoms with Crippen molar-refractivity contribution < 1.29 is 19.4 Å². The molecule has 0 spiro atoms. The van der Waals surface area contributed by atoms with Gasteiger partial charge in [-0.05, 0) is 35.9 Å². The number of carbonyl (C=O) groups excluding carboxylic acids is 1. The molecule has 2 atom stereocenters. The van der Waals surface area contributed by atoms with Crippen molar-refractivity contribution in [3.8, 4) is 5.75 Å². The normalized spacial score (nSPS) is 18.2. The molecule has 12 heteroatoms. The Kier molecular flexibility index (Phi) is 6.75. The van der Waals surface area contributed by atoms with E-state index < -0.39 is 16.6 Å². The maximum atomic E-state index is 13.1. The molecule has 32 heavy (non-hydrogen) atoms. The number of aromatic nitrogens is 2. The molecule has 0 radical (unpaired) electrons. The summed E-state index contributed by atoms with van der Waals surface area (Å²) in [6.45, 7) is 0.0965. The second-order valence-corrected chi connectivity index (χ2v) is 9.96. The molecule has 0 bridgehead atoms. The summed E-state index contributed by atoms with van der Waals surface area (Å²) in [5.41, 5.74) is 7.18. The van der Waals surface area contributed by atoms with Crippen LogP contribution >= 0.6 is 46.3 Å². The van der Waals surface area contributed by atoms with Gasteiger partial charge in [0.25, 0.3) is 0 Å². The maximum Gasteiger partial charge on any atom is 0.305 e. The largest absolute Gasteiger partial charge is 0.485 e. The number of hydrogen-bond acceptors (Lipinski definition) is 8. The summed E-state index contributed by atoms with van der Waals surface area (Å²) < 4.78 is 5.70. The van der Waals surface area contributed by atoms with Gasteiger partial charge < -0.3 is 15.6 Å². The zero-order valence-corrected chi connectivity index (χ0v) is 19.4. The number of thioether (sulfide) groups is 1. The van der Waals surface area contributed by atoms with Crippen molar-refractivity contribution in [3.63, 3.8) is 0 Å². The van der Waals surface area contributed by atoms with Gasteiger partial charge in [-0.3, -0.25) is 14.5 Å². The van der Waals surface area contributed by atoms with Crippen molar-refractivity contribution in [3.05, 3.63) is 63.1 Å². The summed E-state index contributed by atoms with van der Waals surface area (Å²) in [5, 5.41) is 18.1. The highest BCUT2D eigenvalue weighted by Crippen LogP contribution is 2.47. The van der Waals surface area contributed by atoms with Crippen molar-refractivity contribution in [2.45, 2.75) is 23.7 Å². The molecule has 1 fully saturated rings. The number of ether oxygens (including phenoxy) is 1. The van der Waals surface area contributed by atoms with E-state index in [0.717, 1.165) is 5.56 Å². The van der Waals surface area contributed by atoms with Crippen molar-refractivity contribution >= 4 is 69.0 Å².